The number of nitrogens with zero attached hydrogens (tertiary/aromatic N) is 2. The van der Waals surface area contributed by atoms with E-state index in [0.29, 0.717) is 5.92 Å². The lowest BCUT2D eigenvalue weighted by Crippen LogP contribution is -2.09. The Labute approximate surface area is 121 Å². The van der Waals surface area contributed by atoms with Gasteiger partial charge < -0.3 is 4.74 Å². The third-order valence-electron chi connectivity index (χ3n) is 3.84. The van der Waals surface area contributed by atoms with Crippen molar-refractivity contribution in [3.05, 3.63) is 28.6 Å². The summed E-state index contributed by atoms with van der Waals surface area (Å²) in [6, 6.07) is 5.93. The standard InChI is InChI=1S/C15H17BrN2O/c1-19-11-7-8-13-12(9-11)14(16)18-15(17-13)10-5-3-2-4-6-10/h7-10H,2-6H2,1H3. The molecule has 0 spiro atoms. The van der Waals surface area contributed by atoms with Crippen molar-refractivity contribution in [1.82, 2.24) is 9.97 Å². The fourth-order valence-electron chi connectivity index (χ4n) is 2.76. The molecule has 0 atom stereocenters. The molecule has 1 aliphatic rings. The highest BCUT2D eigenvalue weighted by molar-refractivity contribution is 9.10. The van der Waals surface area contributed by atoms with Gasteiger partial charge in [-0.25, -0.2) is 9.97 Å². The smallest absolute Gasteiger partial charge is 0.133 e. The van der Waals surface area contributed by atoms with Crippen LogP contribution in [0.1, 0.15) is 43.8 Å². The topological polar surface area (TPSA) is 35.0 Å². The monoisotopic (exact) mass is 320 g/mol. The first-order valence-corrected chi connectivity index (χ1v) is 7.58. The number of hydrogen-bond donors (Lipinski definition) is 0. The zero-order valence-electron chi connectivity index (χ0n) is 11.0. The third kappa shape index (κ3) is 2.59. The second-order valence-corrected chi connectivity index (χ2v) is 5.84. The first-order chi connectivity index (χ1) is 9.28. The molecule has 100 valence electrons. The van der Waals surface area contributed by atoms with Crippen molar-refractivity contribution in [3.8, 4) is 5.75 Å². The molecule has 0 bridgehead atoms. The van der Waals surface area contributed by atoms with Crippen molar-refractivity contribution in [2.75, 3.05) is 7.11 Å². The minimum absolute atomic E-state index is 0.525. The highest BCUT2D eigenvalue weighted by Crippen LogP contribution is 2.33. The summed E-state index contributed by atoms with van der Waals surface area (Å²) in [6.45, 7) is 0. The highest BCUT2D eigenvalue weighted by Gasteiger charge is 2.19. The summed E-state index contributed by atoms with van der Waals surface area (Å²) in [6.07, 6.45) is 6.38. The normalized spacial score (nSPS) is 16.7. The van der Waals surface area contributed by atoms with Crippen LogP contribution in [0.25, 0.3) is 10.9 Å². The van der Waals surface area contributed by atoms with Gasteiger partial charge in [-0.1, -0.05) is 19.3 Å². The second kappa shape index (κ2) is 5.45. The molecule has 3 nitrogen and oxygen atoms in total. The Bertz CT molecular complexity index is 594. The van der Waals surface area contributed by atoms with Crippen LogP contribution in [0.3, 0.4) is 0 Å². The maximum atomic E-state index is 5.25. The number of fused-ring (bicyclic) bond motifs is 1. The fourth-order valence-corrected chi connectivity index (χ4v) is 3.26. The van der Waals surface area contributed by atoms with Crippen molar-refractivity contribution in [2.45, 2.75) is 38.0 Å². The van der Waals surface area contributed by atoms with Gasteiger partial charge in [-0.3, -0.25) is 0 Å². The van der Waals surface area contributed by atoms with Gasteiger partial charge in [0.15, 0.2) is 0 Å². The Kier molecular flexibility index (Phi) is 3.69. The highest BCUT2D eigenvalue weighted by atomic mass is 79.9. The van der Waals surface area contributed by atoms with Crippen molar-refractivity contribution in [2.24, 2.45) is 0 Å². The van der Waals surface area contributed by atoms with Gasteiger partial charge in [0, 0.05) is 11.3 Å². The van der Waals surface area contributed by atoms with E-state index >= 15 is 0 Å². The molecule has 0 N–H and O–H groups in total. The number of methoxy groups -OCH3 is 1. The predicted octanol–water partition coefficient (Wildman–Crippen LogP) is 4.45. The number of halogens is 1. The van der Waals surface area contributed by atoms with Gasteiger partial charge in [-0.2, -0.15) is 0 Å². The first kappa shape index (κ1) is 12.9. The van der Waals surface area contributed by atoms with Crippen LogP contribution in [0.2, 0.25) is 0 Å². The molecule has 0 unspecified atom stereocenters. The summed E-state index contributed by atoms with van der Waals surface area (Å²) in [4.78, 5) is 9.39. The maximum Gasteiger partial charge on any atom is 0.133 e. The molecule has 0 saturated heterocycles. The molecule has 1 fully saturated rings. The van der Waals surface area contributed by atoms with Crippen LogP contribution in [0.15, 0.2) is 22.8 Å². The number of hydrogen-bond acceptors (Lipinski definition) is 3. The molecule has 0 aliphatic heterocycles. The van der Waals surface area contributed by atoms with Crippen molar-refractivity contribution in [1.29, 1.82) is 0 Å². The summed E-state index contributed by atoms with van der Waals surface area (Å²) < 4.78 is 6.12. The Morgan fingerprint density at radius 2 is 1.95 bits per heavy atom. The van der Waals surface area contributed by atoms with Crippen LogP contribution < -0.4 is 4.74 Å². The summed E-state index contributed by atoms with van der Waals surface area (Å²) in [5.74, 6) is 2.35. The Morgan fingerprint density at radius 1 is 1.16 bits per heavy atom. The molecule has 1 heterocycles. The lowest BCUT2D eigenvalue weighted by Gasteiger charge is -2.20. The molecule has 19 heavy (non-hydrogen) atoms. The van der Waals surface area contributed by atoms with Crippen LogP contribution in [0.4, 0.5) is 0 Å². The Morgan fingerprint density at radius 3 is 2.68 bits per heavy atom. The van der Waals surface area contributed by atoms with E-state index in [0.717, 1.165) is 27.1 Å². The van der Waals surface area contributed by atoms with Crippen LogP contribution in [-0.4, -0.2) is 17.1 Å². The van der Waals surface area contributed by atoms with E-state index in [4.69, 9.17) is 9.72 Å². The van der Waals surface area contributed by atoms with E-state index in [2.05, 4.69) is 20.9 Å². The van der Waals surface area contributed by atoms with Gasteiger partial charge in [0.05, 0.1) is 12.6 Å². The first-order valence-electron chi connectivity index (χ1n) is 6.79. The van der Waals surface area contributed by atoms with Crippen LogP contribution >= 0.6 is 15.9 Å². The molecule has 4 heteroatoms. The average molecular weight is 321 g/mol. The predicted molar refractivity (Wildman–Crippen MR) is 79.6 cm³/mol. The zero-order chi connectivity index (χ0) is 13.2. The minimum atomic E-state index is 0.525. The summed E-state index contributed by atoms with van der Waals surface area (Å²) >= 11 is 3.57. The van der Waals surface area contributed by atoms with E-state index in [-0.39, 0.29) is 0 Å². The van der Waals surface area contributed by atoms with E-state index < -0.39 is 0 Å². The molecule has 2 aromatic rings. The molecule has 1 aromatic carbocycles. The lowest BCUT2D eigenvalue weighted by molar-refractivity contribution is 0.415. The van der Waals surface area contributed by atoms with E-state index in [1.54, 1.807) is 7.11 Å². The molecule has 3 rings (SSSR count). The van der Waals surface area contributed by atoms with Gasteiger partial charge in [0.25, 0.3) is 0 Å². The SMILES string of the molecule is COc1ccc2nc(C3CCCCC3)nc(Br)c2c1. The summed E-state index contributed by atoms with van der Waals surface area (Å²) in [5, 5.41) is 1.01. The molecule has 1 saturated carbocycles. The van der Waals surface area contributed by atoms with Gasteiger partial charge >= 0.3 is 0 Å². The molecule has 0 radical (unpaired) electrons. The van der Waals surface area contributed by atoms with Gasteiger partial charge in [-0.05, 0) is 47.0 Å². The Balaban J connectivity index is 2.03. The molecular weight excluding hydrogens is 304 g/mol. The second-order valence-electron chi connectivity index (χ2n) is 5.09. The van der Waals surface area contributed by atoms with Gasteiger partial charge in [0.1, 0.15) is 16.2 Å². The Hall–Kier alpha value is -1.16. The van der Waals surface area contributed by atoms with Crippen molar-refractivity contribution >= 4 is 26.8 Å². The number of benzene rings is 1. The quantitative estimate of drug-likeness (QED) is 0.767. The van der Waals surface area contributed by atoms with E-state index in [1.807, 2.05) is 18.2 Å². The number of ether oxygens (including phenoxy) is 1. The lowest BCUT2D eigenvalue weighted by atomic mass is 9.88. The van der Waals surface area contributed by atoms with E-state index in [1.165, 1.54) is 32.1 Å². The van der Waals surface area contributed by atoms with Crippen LogP contribution in [0.5, 0.6) is 5.75 Å². The molecule has 1 aliphatic carbocycles. The summed E-state index contributed by atoms with van der Waals surface area (Å²) in [5.41, 5.74) is 0.989. The summed E-state index contributed by atoms with van der Waals surface area (Å²) in [7, 11) is 1.67. The van der Waals surface area contributed by atoms with Crippen molar-refractivity contribution < 1.29 is 4.74 Å². The molecular formula is C15H17BrN2O. The van der Waals surface area contributed by atoms with Crippen LogP contribution in [0, 0.1) is 0 Å². The fraction of sp³-hybridized carbons (Fsp3) is 0.467. The zero-order valence-corrected chi connectivity index (χ0v) is 12.6. The number of rotatable bonds is 2. The van der Waals surface area contributed by atoms with Gasteiger partial charge in [0.2, 0.25) is 0 Å². The largest absolute Gasteiger partial charge is 0.497 e. The van der Waals surface area contributed by atoms with E-state index in [9.17, 15) is 0 Å². The third-order valence-corrected chi connectivity index (χ3v) is 4.45. The number of aromatic nitrogens is 2. The van der Waals surface area contributed by atoms with Crippen molar-refractivity contribution in [3.63, 3.8) is 0 Å². The average Bonchev–Trinajstić information content (AvgIpc) is 2.48. The molecule has 1 aromatic heterocycles. The van der Waals surface area contributed by atoms with Crippen LogP contribution in [-0.2, 0) is 0 Å². The maximum absolute atomic E-state index is 5.25. The van der Waals surface area contributed by atoms with Gasteiger partial charge in [-0.15, -0.1) is 0 Å². The molecule has 0 amide bonds. The minimum Gasteiger partial charge on any atom is -0.497 e.